The number of thiophene rings is 1. The summed E-state index contributed by atoms with van der Waals surface area (Å²) in [4.78, 5) is 1.27. The van der Waals surface area contributed by atoms with Crippen LogP contribution in [0.25, 0.3) is 0 Å². The van der Waals surface area contributed by atoms with Crippen molar-refractivity contribution in [2.24, 2.45) is 0 Å². The standard InChI is InChI=1S/C15H18BrNO2S/c1-4-17-14(12-6-5-9-20-12)10-7-8-11(18-2)13(16)15(10)19-3/h5-9,14,17H,4H2,1-3H3. The first-order valence-electron chi connectivity index (χ1n) is 6.40. The summed E-state index contributed by atoms with van der Waals surface area (Å²) in [6.45, 7) is 2.99. The monoisotopic (exact) mass is 355 g/mol. The lowest BCUT2D eigenvalue weighted by Gasteiger charge is -2.21. The molecule has 0 spiro atoms. The highest BCUT2D eigenvalue weighted by Gasteiger charge is 2.21. The molecular weight excluding hydrogens is 338 g/mol. The molecule has 1 aromatic heterocycles. The molecule has 2 aromatic rings. The number of methoxy groups -OCH3 is 2. The fourth-order valence-electron chi connectivity index (χ4n) is 2.17. The maximum atomic E-state index is 5.58. The zero-order chi connectivity index (χ0) is 14.5. The van der Waals surface area contributed by atoms with Crippen LogP contribution in [0.2, 0.25) is 0 Å². The molecule has 1 atom stereocenters. The highest BCUT2D eigenvalue weighted by Crippen LogP contribution is 2.41. The van der Waals surface area contributed by atoms with Crippen LogP contribution in [0.5, 0.6) is 11.5 Å². The van der Waals surface area contributed by atoms with Gasteiger partial charge >= 0.3 is 0 Å². The molecule has 0 aliphatic carbocycles. The van der Waals surface area contributed by atoms with Crippen LogP contribution >= 0.6 is 27.3 Å². The van der Waals surface area contributed by atoms with E-state index in [1.807, 2.05) is 6.07 Å². The second-order valence-corrected chi connectivity index (χ2v) is 5.98. The van der Waals surface area contributed by atoms with Crippen molar-refractivity contribution >= 4 is 27.3 Å². The molecule has 0 aliphatic rings. The van der Waals surface area contributed by atoms with Crippen molar-refractivity contribution in [2.45, 2.75) is 13.0 Å². The molecule has 5 heteroatoms. The number of benzene rings is 1. The minimum absolute atomic E-state index is 0.122. The molecule has 3 nitrogen and oxygen atoms in total. The zero-order valence-corrected chi connectivity index (χ0v) is 14.2. The lowest BCUT2D eigenvalue weighted by atomic mass is 10.0. The molecule has 0 amide bonds. The molecule has 1 N–H and O–H groups in total. The molecule has 20 heavy (non-hydrogen) atoms. The predicted octanol–water partition coefficient (Wildman–Crippen LogP) is 4.23. The fraction of sp³-hybridized carbons (Fsp3) is 0.333. The molecule has 1 aromatic carbocycles. The number of nitrogens with one attached hydrogen (secondary N) is 1. The summed E-state index contributed by atoms with van der Waals surface area (Å²) in [5.74, 6) is 1.58. The molecule has 2 rings (SSSR count). The third-order valence-electron chi connectivity index (χ3n) is 3.06. The first kappa shape index (κ1) is 15.4. The summed E-state index contributed by atoms with van der Waals surface area (Å²) in [6, 6.07) is 8.33. The van der Waals surface area contributed by atoms with Crippen LogP contribution in [0.1, 0.15) is 23.4 Å². The van der Waals surface area contributed by atoms with E-state index < -0.39 is 0 Å². The van der Waals surface area contributed by atoms with E-state index in [1.165, 1.54) is 4.88 Å². The van der Waals surface area contributed by atoms with Crippen LogP contribution in [0, 0.1) is 0 Å². The van der Waals surface area contributed by atoms with Gasteiger partial charge in [0.15, 0.2) is 0 Å². The van der Waals surface area contributed by atoms with Gasteiger partial charge in [0.05, 0.1) is 20.3 Å². The normalized spacial score (nSPS) is 12.2. The van der Waals surface area contributed by atoms with Crippen LogP contribution in [0.4, 0.5) is 0 Å². The Kier molecular flexibility index (Phi) is 5.46. The molecule has 0 radical (unpaired) electrons. The molecule has 0 aliphatic heterocycles. The van der Waals surface area contributed by atoms with Crippen molar-refractivity contribution in [2.75, 3.05) is 20.8 Å². The quantitative estimate of drug-likeness (QED) is 0.840. The van der Waals surface area contributed by atoms with E-state index in [-0.39, 0.29) is 6.04 Å². The topological polar surface area (TPSA) is 30.5 Å². The molecule has 108 valence electrons. The molecule has 0 bridgehead atoms. The molecular formula is C15H18BrNO2S. The minimum Gasteiger partial charge on any atom is -0.495 e. The Bertz CT molecular complexity index is 557. The smallest absolute Gasteiger partial charge is 0.141 e. The van der Waals surface area contributed by atoms with Gasteiger partial charge in [-0.25, -0.2) is 0 Å². The second kappa shape index (κ2) is 7.11. The van der Waals surface area contributed by atoms with Gasteiger partial charge in [0.2, 0.25) is 0 Å². The van der Waals surface area contributed by atoms with Gasteiger partial charge in [-0.3, -0.25) is 0 Å². The molecule has 0 fully saturated rings. The Hall–Kier alpha value is -1.04. The van der Waals surface area contributed by atoms with Crippen LogP contribution < -0.4 is 14.8 Å². The lowest BCUT2D eigenvalue weighted by molar-refractivity contribution is 0.383. The molecule has 0 saturated heterocycles. The first-order chi connectivity index (χ1) is 9.72. The van der Waals surface area contributed by atoms with E-state index in [4.69, 9.17) is 9.47 Å². The van der Waals surface area contributed by atoms with Gasteiger partial charge in [-0.2, -0.15) is 0 Å². The van der Waals surface area contributed by atoms with Crippen molar-refractivity contribution in [3.05, 3.63) is 44.6 Å². The number of rotatable bonds is 6. The highest BCUT2D eigenvalue weighted by molar-refractivity contribution is 9.10. The van der Waals surface area contributed by atoms with Crippen LogP contribution in [0.3, 0.4) is 0 Å². The van der Waals surface area contributed by atoms with Crippen LogP contribution in [-0.4, -0.2) is 20.8 Å². The SMILES string of the molecule is CCNC(c1cccs1)c1ccc(OC)c(Br)c1OC. The largest absolute Gasteiger partial charge is 0.495 e. The second-order valence-electron chi connectivity index (χ2n) is 4.21. The van der Waals surface area contributed by atoms with Gasteiger partial charge in [-0.1, -0.05) is 13.0 Å². The van der Waals surface area contributed by atoms with Gasteiger partial charge in [0, 0.05) is 10.4 Å². The Morgan fingerprint density at radius 3 is 2.60 bits per heavy atom. The third-order valence-corrected chi connectivity index (χ3v) is 4.75. The molecule has 1 unspecified atom stereocenters. The van der Waals surface area contributed by atoms with Gasteiger partial charge in [-0.05, 0) is 46.1 Å². The average molecular weight is 356 g/mol. The van der Waals surface area contributed by atoms with Gasteiger partial charge in [0.1, 0.15) is 16.0 Å². The van der Waals surface area contributed by atoms with E-state index in [0.29, 0.717) is 0 Å². The van der Waals surface area contributed by atoms with Crippen molar-refractivity contribution in [1.82, 2.24) is 5.32 Å². The summed E-state index contributed by atoms with van der Waals surface area (Å²) >= 11 is 5.30. The molecule has 1 heterocycles. The third kappa shape index (κ3) is 3.00. The first-order valence-corrected chi connectivity index (χ1v) is 8.07. The molecule has 0 saturated carbocycles. The Balaban J connectivity index is 2.51. The number of ether oxygens (including phenoxy) is 2. The van der Waals surface area contributed by atoms with Gasteiger partial charge in [0.25, 0.3) is 0 Å². The van der Waals surface area contributed by atoms with Gasteiger partial charge in [-0.15, -0.1) is 11.3 Å². The highest BCUT2D eigenvalue weighted by atomic mass is 79.9. The van der Waals surface area contributed by atoms with E-state index in [2.05, 4.69) is 51.7 Å². The van der Waals surface area contributed by atoms with Crippen LogP contribution in [-0.2, 0) is 0 Å². The summed E-state index contributed by atoms with van der Waals surface area (Å²) in [5.41, 5.74) is 1.10. The Labute approximate surface area is 132 Å². The van der Waals surface area contributed by atoms with E-state index in [0.717, 1.165) is 28.1 Å². The van der Waals surface area contributed by atoms with Crippen LogP contribution in [0.15, 0.2) is 34.1 Å². The number of halogens is 1. The Morgan fingerprint density at radius 1 is 1.25 bits per heavy atom. The summed E-state index contributed by atoms with van der Waals surface area (Å²) in [7, 11) is 3.33. The minimum atomic E-state index is 0.122. The van der Waals surface area contributed by atoms with Gasteiger partial charge < -0.3 is 14.8 Å². The fourth-order valence-corrected chi connectivity index (χ4v) is 3.67. The van der Waals surface area contributed by atoms with E-state index in [9.17, 15) is 0 Å². The van der Waals surface area contributed by atoms with Crippen molar-refractivity contribution in [3.8, 4) is 11.5 Å². The number of hydrogen-bond donors (Lipinski definition) is 1. The van der Waals surface area contributed by atoms with Crippen molar-refractivity contribution in [1.29, 1.82) is 0 Å². The van der Waals surface area contributed by atoms with Crippen molar-refractivity contribution < 1.29 is 9.47 Å². The lowest BCUT2D eigenvalue weighted by Crippen LogP contribution is -2.21. The maximum Gasteiger partial charge on any atom is 0.141 e. The van der Waals surface area contributed by atoms with E-state index >= 15 is 0 Å². The van der Waals surface area contributed by atoms with E-state index in [1.54, 1.807) is 25.6 Å². The Morgan fingerprint density at radius 2 is 2.05 bits per heavy atom. The zero-order valence-electron chi connectivity index (χ0n) is 11.8. The summed E-state index contributed by atoms with van der Waals surface area (Å²) in [5, 5.41) is 5.60. The predicted molar refractivity (Wildman–Crippen MR) is 87.1 cm³/mol. The van der Waals surface area contributed by atoms with Crippen molar-refractivity contribution in [3.63, 3.8) is 0 Å². The average Bonchev–Trinajstić information content (AvgIpc) is 2.98. The summed E-state index contributed by atoms with van der Waals surface area (Å²) in [6.07, 6.45) is 0. The number of hydrogen-bond acceptors (Lipinski definition) is 4. The summed E-state index contributed by atoms with van der Waals surface area (Å²) < 4.78 is 11.8. The maximum absolute atomic E-state index is 5.58.